The highest BCUT2D eigenvalue weighted by Crippen LogP contribution is 2.13. The first-order valence-corrected chi connectivity index (χ1v) is 5.03. The van der Waals surface area contributed by atoms with Crippen LogP contribution in [0.2, 0.25) is 0 Å². The summed E-state index contributed by atoms with van der Waals surface area (Å²) in [4.78, 5) is 25.7. The molecule has 0 atom stereocenters. The van der Waals surface area contributed by atoms with Gasteiger partial charge in [0.25, 0.3) is 0 Å². The van der Waals surface area contributed by atoms with Crippen LogP contribution in [-0.2, 0) is 3.07 Å². The van der Waals surface area contributed by atoms with Gasteiger partial charge in [-0.3, -0.25) is 0 Å². The van der Waals surface area contributed by atoms with Gasteiger partial charge in [0.15, 0.2) is 45.9 Å². The van der Waals surface area contributed by atoms with Crippen LogP contribution in [0.25, 0.3) is 5.65 Å². The Labute approximate surface area is 107 Å². The summed E-state index contributed by atoms with van der Waals surface area (Å²) in [5, 5.41) is 12.4. The molecule has 2 aromatic rings. The largest absolute Gasteiger partial charge is 0.477 e. The standard InChI is InChI=1S/C8H3FIN3O4/c9-3-2-11-13-5(8(16)17-10)1-4(7(14)15)12-6(3)13/h1-2H,(H,14,15). The minimum Gasteiger partial charge on any atom is -0.477 e. The lowest BCUT2D eigenvalue weighted by Gasteiger charge is -2.02. The molecule has 2 aromatic heterocycles. The Kier molecular flexibility index (Phi) is 2.92. The van der Waals surface area contributed by atoms with Crippen molar-refractivity contribution >= 4 is 40.6 Å². The predicted molar refractivity (Wildman–Crippen MR) is 59.3 cm³/mol. The SMILES string of the molecule is O=C(O)c1cc(C(=O)OI)n2ncc(F)c2n1. The van der Waals surface area contributed by atoms with E-state index >= 15 is 0 Å². The van der Waals surface area contributed by atoms with Crippen LogP contribution >= 0.6 is 23.0 Å². The number of aromatic nitrogens is 3. The summed E-state index contributed by atoms with van der Waals surface area (Å²) in [7, 11) is 0. The Bertz CT molecular complexity index is 627. The number of halogens is 2. The fourth-order valence-corrected chi connectivity index (χ4v) is 1.46. The van der Waals surface area contributed by atoms with Gasteiger partial charge in [-0.15, -0.1) is 0 Å². The highest BCUT2D eigenvalue weighted by molar-refractivity contribution is 14.1. The topological polar surface area (TPSA) is 93.8 Å². The average Bonchev–Trinajstić information content (AvgIpc) is 2.69. The average molecular weight is 351 g/mol. The quantitative estimate of drug-likeness (QED) is 0.814. The lowest BCUT2D eigenvalue weighted by atomic mass is 10.3. The molecule has 0 amide bonds. The Balaban J connectivity index is 2.79. The number of carboxylic acids is 1. The van der Waals surface area contributed by atoms with Crippen LogP contribution in [0.3, 0.4) is 0 Å². The van der Waals surface area contributed by atoms with E-state index in [1.165, 1.54) is 23.0 Å². The Morgan fingerprint density at radius 3 is 2.82 bits per heavy atom. The van der Waals surface area contributed by atoms with Crippen molar-refractivity contribution in [3.8, 4) is 0 Å². The molecule has 0 bridgehead atoms. The van der Waals surface area contributed by atoms with Crippen LogP contribution in [-0.4, -0.2) is 31.6 Å². The van der Waals surface area contributed by atoms with E-state index in [1.54, 1.807) is 0 Å². The minimum atomic E-state index is -1.38. The zero-order valence-corrected chi connectivity index (χ0v) is 10.1. The van der Waals surface area contributed by atoms with Crippen LogP contribution < -0.4 is 0 Å². The molecule has 0 unspecified atom stereocenters. The van der Waals surface area contributed by atoms with Gasteiger partial charge >= 0.3 is 11.9 Å². The maximum absolute atomic E-state index is 13.2. The molecule has 0 spiro atoms. The number of aromatic carboxylic acids is 1. The maximum atomic E-state index is 13.2. The van der Waals surface area contributed by atoms with Gasteiger partial charge in [-0.1, -0.05) is 0 Å². The highest BCUT2D eigenvalue weighted by atomic mass is 127. The maximum Gasteiger partial charge on any atom is 0.366 e. The number of hydrogen-bond donors (Lipinski definition) is 1. The zero-order chi connectivity index (χ0) is 12.6. The van der Waals surface area contributed by atoms with Gasteiger partial charge in [-0.2, -0.15) is 5.10 Å². The van der Waals surface area contributed by atoms with Crippen molar-refractivity contribution in [3.05, 3.63) is 29.5 Å². The molecule has 2 rings (SSSR count). The molecular formula is C8H3FIN3O4. The third-order valence-electron chi connectivity index (χ3n) is 1.93. The lowest BCUT2D eigenvalue weighted by molar-refractivity contribution is 0.0690. The van der Waals surface area contributed by atoms with Crippen LogP contribution in [0.5, 0.6) is 0 Å². The molecule has 0 aromatic carbocycles. The molecule has 0 fully saturated rings. The second-order valence-electron chi connectivity index (χ2n) is 2.92. The van der Waals surface area contributed by atoms with Gasteiger partial charge in [0.2, 0.25) is 0 Å². The van der Waals surface area contributed by atoms with Crippen molar-refractivity contribution < 1.29 is 22.2 Å². The first kappa shape index (κ1) is 11.7. The molecule has 17 heavy (non-hydrogen) atoms. The first-order chi connectivity index (χ1) is 8.04. The summed E-state index contributed by atoms with van der Waals surface area (Å²) < 4.78 is 18.5. The Morgan fingerprint density at radius 1 is 1.53 bits per heavy atom. The van der Waals surface area contributed by atoms with E-state index in [0.29, 0.717) is 0 Å². The molecular weight excluding hydrogens is 348 g/mol. The molecule has 1 N–H and O–H groups in total. The van der Waals surface area contributed by atoms with Crippen molar-refractivity contribution in [3.63, 3.8) is 0 Å². The van der Waals surface area contributed by atoms with Crippen LogP contribution in [0.15, 0.2) is 12.3 Å². The number of nitrogens with zero attached hydrogens (tertiary/aromatic N) is 3. The van der Waals surface area contributed by atoms with Gasteiger partial charge in [-0.25, -0.2) is 23.5 Å². The molecule has 2 heterocycles. The molecule has 0 radical (unpaired) electrons. The Morgan fingerprint density at radius 2 is 2.24 bits per heavy atom. The molecule has 88 valence electrons. The summed E-state index contributed by atoms with van der Waals surface area (Å²) >= 11 is 1.33. The van der Waals surface area contributed by atoms with Crippen molar-refractivity contribution in [1.29, 1.82) is 0 Å². The number of fused-ring (bicyclic) bond motifs is 1. The number of carboxylic acid groups (broad SMARTS) is 1. The van der Waals surface area contributed by atoms with Gasteiger partial charge in [0, 0.05) is 6.07 Å². The predicted octanol–water partition coefficient (Wildman–Crippen LogP) is 1.07. The molecule has 7 nitrogen and oxygen atoms in total. The van der Waals surface area contributed by atoms with E-state index in [2.05, 4.69) is 13.1 Å². The van der Waals surface area contributed by atoms with Crippen molar-refractivity contribution in [2.75, 3.05) is 0 Å². The van der Waals surface area contributed by atoms with Crippen LogP contribution in [0, 0.1) is 5.82 Å². The van der Waals surface area contributed by atoms with Gasteiger partial charge < -0.3 is 8.17 Å². The normalized spacial score (nSPS) is 10.5. The molecule has 0 aliphatic rings. The highest BCUT2D eigenvalue weighted by Gasteiger charge is 2.20. The van der Waals surface area contributed by atoms with Crippen LogP contribution in [0.1, 0.15) is 21.0 Å². The monoisotopic (exact) mass is 351 g/mol. The summed E-state index contributed by atoms with van der Waals surface area (Å²) in [6, 6.07) is 0.961. The van der Waals surface area contributed by atoms with Gasteiger partial charge in [-0.05, 0) is 0 Å². The summed E-state index contributed by atoms with van der Waals surface area (Å²) in [6.07, 6.45) is 0.831. The molecule has 0 saturated heterocycles. The van der Waals surface area contributed by atoms with Gasteiger partial charge in [0.05, 0.1) is 6.20 Å². The Hall–Kier alpha value is -1.78. The second-order valence-corrected chi connectivity index (χ2v) is 3.36. The van der Waals surface area contributed by atoms with E-state index in [9.17, 15) is 14.0 Å². The number of carbonyl (C=O) groups excluding carboxylic acids is 1. The number of carbonyl (C=O) groups is 2. The third-order valence-corrected chi connectivity index (χ3v) is 2.33. The molecule has 9 heteroatoms. The van der Waals surface area contributed by atoms with E-state index in [4.69, 9.17) is 5.11 Å². The third kappa shape index (κ3) is 1.92. The summed E-state index contributed by atoms with van der Waals surface area (Å²) in [5.74, 6) is -3.05. The van der Waals surface area contributed by atoms with E-state index in [1.807, 2.05) is 0 Å². The smallest absolute Gasteiger partial charge is 0.366 e. The number of rotatable bonds is 2. The molecule has 0 aliphatic carbocycles. The van der Waals surface area contributed by atoms with Crippen molar-refractivity contribution in [1.82, 2.24) is 14.6 Å². The molecule has 0 aliphatic heterocycles. The van der Waals surface area contributed by atoms with E-state index in [0.717, 1.165) is 16.8 Å². The van der Waals surface area contributed by atoms with Crippen molar-refractivity contribution in [2.45, 2.75) is 0 Å². The number of hydrogen-bond acceptors (Lipinski definition) is 5. The summed E-state index contributed by atoms with van der Waals surface area (Å²) in [5.41, 5.74) is -1.03. The molecule has 0 saturated carbocycles. The lowest BCUT2D eigenvalue weighted by Crippen LogP contribution is -2.12. The van der Waals surface area contributed by atoms with E-state index in [-0.39, 0.29) is 11.3 Å². The summed E-state index contributed by atoms with van der Waals surface area (Å²) in [6.45, 7) is 0. The van der Waals surface area contributed by atoms with Gasteiger partial charge in [0.1, 0.15) is 0 Å². The van der Waals surface area contributed by atoms with Crippen LogP contribution in [0.4, 0.5) is 4.39 Å². The minimum absolute atomic E-state index is 0.217. The zero-order valence-electron chi connectivity index (χ0n) is 7.92. The van der Waals surface area contributed by atoms with Crippen molar-refractivity contribution in [2.24, 2.45) is 0 Å². The fraction of sp³-hybridized carbons (Fsp3) is 0. The fourth-order valence-electron chi connectivity index (χ4n) is 1.23. The van der Waals surface area contributed by atoms with E-state index < -0.39 is 23.4 Å². The second kappa shape index (κ2) is 4.24. The first-order valence-electron chi connectivity index (χ1n) is 4.15.